The van der Waals surface area contributed by atoms with Crippen LogP contribution in [0.5, 0.6) is 11.5 Å². The summed E-state index contributed by atoms with van der Waals surface area (Å²) in [6, 6.07) is 8.73. The minimum atomic E-state index is -0.420. The number of aliphatic imine (C=N–C) groups is 1. The number of rotatable bonds is 6. The van der Waals surface area contributed by atoms with Gasteiger partial charge in [-0.2, -0.15) is 4.99 Å². The summed E-state index contributed by atoms with van der Waals surface area (Å²) in [5.41, 5.74) is 1.49. The van der Waals surface area contributed by atoms with Crippen LogP contribution < -0.4 is 14.8 Å². The zero-order valence-corrected chi connectivity index (χ0v) is 20.4. The van der Waals surface area contributed by atoms with E-state index in [9.17, 15) is 9.59 Å². The van der Waals surface area contributed by atoms with E-state index >= 15 is 0 Å². The lowest BCUT2D eigenvalue weighted by atomic mass is 10.1. The molecule has 1 heterocycles. The number of amides is 2. The summed E-state index contributed by atoms with van der Waals surface area (Å²) in [7, 11) is 0. The molecule has 0 spiro atoms. The van der Waals surface area contributed by atoms with Gasteiger partial charge in [0.25, 0.3) is 5.91 Å². The highest BCUT2D eigenvalue weighted by Gasteiger charge is 2.23. The molecule has 0 saturated carbocycles. The van der Waals surface area contributed by atoms with Crippen LogP contribution in [0.1, 0.15) is 25.0 Å². The Kier molecular flexibility index (Phi) is 8.05. The Labute approximate surface area is 202 Å². The van der Waals surface area contributed by atoms with E-state index in [4.69, 9.17) is 32.7 Å². The third-order valence-electron chi connectivity index (χ3n) is 3.95. The van der Waals surface area contributed by atoms with Gasteiger partial charge in [-0.3, -0.25) is 9.59 Å². The van der Waals surface area contributed by atoms with Crippen molar-refractivity contribution >= 4 is 74.0 Å². The second-order valence-electron chi connectivity index (χ2n) is 6.29. The summed E-state index contributed by atoms with van der Waals surface area (Å²) >= 11 is 16.8. The minimum Gasteiger partial charge on any atom is -0.490 e. The van der Waals surface area contributed by atoms with Gasteiger partial charge >= 0.3 is 0 Å². The number of hydrogen-bond acceptors (Lipinski definition) is 5. The fraction of sp³-hybridized carbons (Fsp3) is 0.190. The maximum atomic E-state index is 12.2. The molecule has 0 aromatic heterocycles. The Morgan fingerprint density at radius 1 is 1.23 bits per heavy atom. The normalized spacial score (nSPS) is 14.5. The Balaban J connectivity index is 1.83. The number of ether oxygens (including phenoxy) is 2. The predicted molar refractivity (Wildman–Crippen MR) is 128 cm³/mol. The van der Waals surface area contributed by atoms with Crippen LogP contribution in [0.3, 0.4) is 0 Å². The largest absolute Gasteiger partial charge is 0.490 e. The fourth-order valence-electron chi connectivity index (χ4n) is 2.59. The van der Waals surface area contributed by atoms with Crippen LogP contribution in [-0.2, 0) is 16.2 Å². The van der Waals surface area contributed by atoms with Crippen LogP contribution in [-0.4, -0.2) is 23.6 Å². The summed E-state index contributed by atoms with van der Waals surface area (Å²) in [4.78, 5) is 27.6. The molecular formula is C21H17BrCl2N2O4S. The van der Waals surface area contributed by atoms with Crippen molar-refractivity contribution < 1.29 is 19.1 Å². The topological polar surface area (TPSA) is 77.0 Å². The van der Waals surface area contributed by atoms with Gasteiger partial charge in [-0.1, -0.05) is 45.2 Å². The van der Waals surface area contributed by atoms with Gasteiger partial charge in [-0.15, -0.1) is 0 Å². The van der Waals surface area contributed by atoms with Crippen molar-refractivity contribution in [1.82, 2.24) is 5.32 Å². The molecule has 3 rings (SSSR count). The number of carbonyl (C=O) groups excluding carboxylic acids is 2. The smallest absolute Gasteiger partial charge is 0.286 e. The maximum absolute atomic E-state index is 12.2. The van der Waals surface area contributed by atoms with Gasteiger partial charge in [0.15, 0.2) is 16.7 Å². The molecule has 0 aliphatic carbocycles. The minimum absolute atomic E-state index is 0.227. The first kappa shape index (κ1) is 23.7. The van der Waals surface area contributed by atoms with Crippen molar-refractivity contribution in [3.63, 3.8) is 0 Å². The standard InChI is InChI=1S/C21H17BrCl2N2O4S/c1-3-29-17-6-13(7-19-20(28)26-21(31-19)25-11(2)27)15(22)9-18(17)30-10-12-4-5-14(23)8-16(12)24/h4-9H,3,10H2,1-2H3,(H,25,26,27,28)/b19-7-. The molecule has 0 radical (unpaired) electrons. The monoisotopic (exact) mass is 542 g/mol. The van der Waals surface area contributed by atoms with Crippen LogP contribution in [0.15, 0.2) is 44.7 Å². The summed E-state index contributed by atoms with van der Waals surface area (Å²) < 4.78 is 12.4. The Morgan fingerprint density at radius 2 is 1.97 bits per heavy atom. The number of hydrogen-bond donors (Lipinski definition) is 1. The first-order valence-electron chi connectivity index (χ1n) is 9.10. The lowest BCUT2D eigenvalue weighted by Gasteiger charge is -2.15. The summed E-state index contributed by atoms with van der Waals surface area (Å²) in [5, 5.41) is 3.84. The zero-order valence-electron chi connectivity index (χ0n) is 16.5. The Hall–Kier alpha value is -2.00. The highest BCUT2D eigenvalue weighted by atomic mass is 79.9. The number of amidine groups is 1. The van der Waals surface area contributed by atoms with Gasteiger partial charge < -0.3 is 14.8 Å². The quantitative estimate of drug-likeness (QED) is 0.463. The molecule has 10 heteroatoms. The number of nitrogens with zero attached hydrogens (tertiary/aromatic N) is 1. The molecule has 6 nitrogen and oxygen atoms in total. The van der Waals surface area contributed by atoms with Crippen LogP contribution in [0.25, 0.3) is 6.08 Å². The Bertz CT molecular complexity index is 1110. The maximum Gasteiger partial charge on any atom is 0.286 e. The third kappa shape index (κ3) is 6.26. The van der Waals surface area contributed by atoms with E-state index < -0.39 is 5.91 Å². The van der Waals surface area contributed by atoms with Crippen molar-refractivity contribution in [2.75, 3.05) is 6.61 Å². The molecule has 31 heavy (non-hydrogen) atoms. The molecule has 1 aliphatic rings. The number of thioether (sulfide) groups is 1. The molecule has 0 saturated heterocycles. The van der Waals surface area contributed by atoms with Crippen LogP contribution >= 0.6 is 50.9 Å². The lowest BCUT2D eigenvalue weighted by molar-refractivity contribution is -0.117. The zero-order chi connectivity index (χ0) is 22.5. The van der Waals surface area contributed by atoms with E-state index in [1.165, 1.54) is 6.92 Å². The predicted octanol–water partition coefficient (Wildman–Crippen LogP) is 5.84. The molecule has 1 N–H and O–H groups in total. The summed E-state index contributed by atoms with van der Waals surface area (Å²) in [6.45, 7) is 3.88. The van der Waals surface area contributed by atoms with Crippen molar-refractivity contribution in [2.45, 2.75) is 20.5 Å². The molecule has 2 aromatic carbocycles. The molecule has 0 fully saturated rings. The van der Waals surface area contributed by atoms with Gasteiger partial charge in [0.2, 0.25) is 5.91 Å². The number of halogens is 3. The Morgan fingerprint density at radius 3 is 2.65 bits per heavy atom. The molecule has 1 aliphatic heterocycles. The van der Waals surface area contributed by atoms with Gasteiger partial charge in [0.1, 0.15) is 6.61 Å². The molecule has 0 bridgehead atoms. The molecule has 0 unspecified atom stereocenters. The molecule has 2 amide bonds. The highest BCUT2D eigenvalue weighted by Crippen LogP contribution is 2.37. The third-order valence-corrected chi connectivity index (χ3v) is 6.12. The number of benzene rings is 2. The fourth-order valence-corrected chi connectivity index (χ4v) is 4.34. The number of carbonyl (C=O) groups is 2. The van der Waals surface area contributed by atoms with Gasteiger partial charge in [0, 0.05) is 27.0 Å². The highest BCUT2D eigenvalue weighted by molar-refractivity contribution is 9.10. The van der Waals surface area contributed by atoms with Crippen molar-refractivity contribution in [2.24, 2.45) is 4.99 Å². The second-order valence-corrected chi connectivity index (χ2v) is 9.02. The average molecular weight is 544 g/mol. The van der Waals surface area contributed by atoms with E-state index in [1.54, 1.807) is 36.4 Å². The lowest BCUT2D eigenvalue weighted by Crippen LogP contribution is -2.23. The van der Waals surface area contributed by atoms with Crippen molar-refractivity contribution in [3.8, 4) is 11.5 Å². The molecule has 162 valence electrons. The van der Waals surface area contributed by atoms with Gasteiger partial charge in [-0.25, -0.2) is 0 Å². The summed E-state index contributed by atoms with van der Waals surface area (Å²) in [6.07, 6.45) is 1.68. The van der Waals surface area contributed by atoms with E-state index in [-0.39, 0.29) is 17.7 Å². The van der Waals surface area contributed by atoms with E-state index in [0.717, 1.165) is 17.3 Å². The first-order valence-corrected chi connectivity index (χ1v) is 11.5. The molecule has 2 aromatic rings. The van der Waals surface area contributed by atoms with Crippen LogP contribution in [0.2, 0.25) is 10.0 Å². The van der Waals surface area contributed by atoms with Crippen LogP contribution in [0, 0.1) is 0 Å². The van der Waals surface area contributed by atoms with E-state index in [0.29, 0.717) is 43.1 Å². The van der Waals surface area contributed by atoms with E-state index in [1.807, 2.05) is 6.92 Å². The SMILES string of the molecule is CCOc1cc(/C=C2\SC(NC(C)=O)=NC2=O)c(Br)cc1OCc1ccc(Cl)cc1Cl. The van der Waals surface area contributed by atoms with Crippen LogP contribution in [0.4, 0.5) is 0 Å². The van der Waals surface area contributed by atoms with Crippen molar-refractivity contribution in [1.29, 1.82) is 0 Å². The van der Waals surface area contributed by atoms with E-state index in [2.05, 4.69) is 26.2 Å². The first-order chi connectivity index (χ1) is 14.8. The van der Waals surface area contributed by atoms with Crippen molar-refractivity contribution in [3.05, 3.63) is 60.9 Å². The van der Waals surface area contributed by atoms with Gasteiger partial charge in [0.05, 0.1) is 11.5 Å². The van der Waals surface area contributed by atoms with Gasteiger partial charge in [-0.05, 0) is 54.6 Å². The molecular weight excluding hydrogens is 527 g/mol. The average Bonchev–Trinajstić information content (AvgIpc) is 3.02. The number of nitrogens with one attached hydrogen (secondary N) is 1. The summed E-state index contributed by atoms with van der Waals surface area (Å²) in [5.74, 6) is 0.322. The second kappa shape index (κ2) is 10.5. The molecule has 0 atom stereocenters.